The van der Waals surface area contributed by atoms with Crippen LogP contribution in [0.4, 0.5) is 5.82 Å². The third-order valence-corrected chi connectivity index (χ3v) is 3.52. The summed E-state index contributed by atoms with van der Waals surface area (Å²) in [6.07, 6.45) is 5.70. The number of nitrogens with one attached hydrogen (secondary N) is 1. The summed E-state index contributed by atoms with van der Waals surface area (Å²) in [5.74, 6) is 0.665. The molecule has 2 aromatic rings. The van der Waals surface area contributed by atoms with E-state index >= 15 is 0 Å². The van der Waals surface area contributed by atoms with Gasteiger partial charge in [-0.2, -0.15) is 0 Å². The topological polar surface area (TPSA) is 58.1 Å². The zero-order chi connectivity index (χ0) is 15.9. The number of carbonyl (C=O) groups is 1. The van der Waals surface area contributed by atoms with Gasteiger partial charge in [-0.1, -0.05) is 24.3 Å². The van der Waals surface area contributed by atoms with E-state index in [1.54, 1.807) is 23.5 Å². The number of aromatic nitrogens is 2. The van der Waals surface area contributed by atoms with E-state index in [2.05, 4.69) is 34.3 Å². The Labute approximate surface area is 131 Å². The molecule has 0 aliphatic carbocycles. The fourth-order valence-electron chi connectivity index (χ4n) is 2.33. The lowest BCUT2D eigenvalue weighted by molar-refractivity contribution is -0.120. The largest absolute Gasteiger partial charge is 0.352 e. The van der Waals surface area contributed by atoms with Gasteiger partial charge in [-0.3, -0.25) is 9.78 Å². The predicted molar refractivity (Wildman–Crippen MR) is 87.8 cm³/mol. The summed E-state index contributed by atoms with van der Waals surface area (Å²) in [5.41, 5.74) is 2.51. The zero-order valence-electron chi connectivity index (χ0n) is 13.3. The summed E-state index contributed by atoms with van der Waals surface area (Å²) in [6.45, 7) is 4.37. The first kappa shape index (κ1) is 15.9. The van der Waals surface area contributed by atoms with Crippen molar-refractivity contribution in [2.24, 2.45) is 0 Å². The average Bonchev–Trinajstić information content (AvgIpc) is 2.50. The van der Waals surface area contributed by atoms with Crippen molar-refractivity contribution in [2.75, 3.05) is 18.5 Å². The fourth-order valence-corrected chi connectivity index (χ4v) is 2.33. The minimum atomic E-state index is -0.0192. The lowest BCUT2D eigenvalue weighted by atomic mass is 10.0. The molecule has 0 unspecified atom stereocenters. The maximum atomic E-state index is 12.1. The molecule has 5 nitrogen and oxygen atoms in total. The molecule has 0 saturated heterocycles. The number of hydrogen-bond acceptors (Lipinski definition) is 4. The summed E-state index contributed by atoms with van der Waals surface area (Å²) >= 11 is 0. The SMILES string of the molecule is Cc1ccccc1C[C@H](C)NC(=O)CN(C)c1cnccn1. The van der Waals surface area contributed by atoms with Crippen LogP contribution in [0.5, 0.6) is 0 Å². The standard InChI is InChI=1S/C17H22N4O/c1-13-6-4-5-7-15(13)10-14(2)20-17(22)12-21(3)16-11-18-8-9-19-16/h4-9,11,14H,10,12H2,1-3H3,(H,20,22)/t14-/m0/s1. The Hall–Kier alpha value is -2.43. The highest BCUT2D eigenvalue weighted by Crippen LogP contribution is 2.10. The van der Waals surface area contributed by atoms with E-state index in [9.17, 15) is 4.79 Å². The highest BCUT2D eigenvalue weighted by atomic mass is 16.2. The lowest BCUT2D eigenvalue weighted by Crippen LogP contribution is -2.41. The summed E-state index contributed by atoms with van der Waals surface area (Å²) in [7, 11) is 1.83. The lowest BCUT2D eigenvalue weighted by Gasteiger charge is -2.20. The van der Waals surface area contributed by atoms with Crippen LogP contribution in [0.1, 0.15) is 18.1 Å². The molecule has 2 rings (SSSR count). The second-order valence-corrected chi connectivity index (χ2v) is 5.52. The average molecular weight is 298 g/mol. The van der Waals surface area contributed by atoms with Gasteiger partial charge in [-0.15, -0.1) is 0 Å². The van der Waals surface area contributed by atoms with Crippen LogP contribution in [0, 0.1) is 6.92 Å². The predicted octanol–water partition coefficient (Wildman–Crippen LogP) is 1.97. The molecule has 1 N–H and O–H groups in total. The van der Waals surface area contributed by atoms with Gasteiger partial charge in [0.25, 0.3) is 0 Å². The molecule has 1 aromatic carbocycles. The molecule has 1 amide bonds. The number of benzene rings is 1. The third kappa shape index (κ3) is 4.55. The van der Waals surface area contributed by atoms with Crippen LogP contribution in [0.2, 0.25) is 0 Å². The van der Waals surface area contributed by atoms with Gasteiger partial charge in [-0.25, -0.2) is 4.98 Å². The van der Waals surface area contributed by atoms with E-state index in [1.807, 2.05) is 26.1 Å². The second-order valence-electron chi connectivity index (χ2n) is 5.52. The zero-order valence-corrected chi connectivity index (χ0v) is 13.3. The van der Waals surface area contributed by atoms with E-state index in [0.29, 0.717) is 5.82 Å². The van der Waals surface area contributed by atoms with Crippen molar-refractivity contribution < 1.29 is 4.79 Å². The van der Waals surface area contributed by atoms with E-state index < -0.39 is 0 Å². The first-order chi connectivity index (χ1) is 10.6. The molecule has 1 heterocycles. The second kappa shape index (κ2) is 7.54. The Kier molecular flexibility index (Phi) is 5.47. The molecular weight excluding hydrogens is 276 g/mol. The Balaban J connectivity index is 1.85. The first-order valence-electron chi connectivity index (χ1n) is 7.37. The quantitative estimate of drug-likeness (QED) is 0.886. The Morgan fingerprint density at radius 3 is 2.77 bits per heavy atom. The molecule has 1 aromatic heterocycles. The van der Waals surface area contributed by atoms with Gasteiger partial charge in [0.05, 0.1) is 12.7 Å². The van der Waals surface area contributed by atoms with Gasteiger partial charge >= 0.3 is 0 Å². The van der Waals surface area contributed by atoms with Crippen molar-refractivity contribution in [2.45, 2.75) is 26.3 Å². The Morgan fingerprint density at radius 2 is 2.09 bits per heavy atom. The van der Waals surface area contributed by atoms with Gasteiger partial charge in [0.2, 0.25) is 5.91 Å². The highest BCUT2D eigenvalue weighted by Gasteiger charge is 2.12. The number of aryl methyl sites for hydroxylation is 1. The maximum Gasteiger partial charge on any atom is 0.239 e. The number of nitrogens with zero attached hydrogens (tertiary/aromatic N) is 3. The van der Waals surface area contributed by atoms with Crippen LogP contribution in [-0.4, -0.2) is 35.5 Å². The summed E-state index contributed by atoms with van der Waals surface area (Å²) in [6, 6.07) is 8.33. The van der Waals surface area contributed by atoms with Crippen molar-refractivity contribution in [1.29, 1.82) is 0 Å². The minimum absolute atomic E-state index is 0.0192. The van der Waals surface area contributed by atoms with Gasteiger partial charge in [0, 0.05) is 25.5 Å². The van der Waals surface area contributed by atoms with E-state index in [-0.39, 0.29) is 18.5 Å². The fraction of sp³-hybridized carbons (Fsp3) is 0.353. The van der Waals surface area contributed by atoms with Crippen molar-refractivity contribution in [3.8, 4) is 0 Å². The number of likely N-dealkylation sites (N-methyl/N-ethyl adjacent to an activating group) is 1. The molecular formula is C17H22N4O. The summed E-state index contributed by atoms with van der Waals surface area (Å²) in [4.78, 5) is 22.1. The third-order valence-electron chi connectivity index (χ3n) is 3.52. The molecule has 0 saturated carbocycles. The van der Waals surface area contributed by atoms with E-state index in [0.717, 1.165) is 6.42 Å². The van der Waals surface area contributed by atoms with Crippen molar-refractivity contribution in [3.05, 3.63) is 54.0 Å². The molecule has 116 valence electrons. The highest BCUT2D eigenvalue weighted by molar-refractivity contribution is 5.81. The molecule has 0 bridgehead atoms. The first-order valence-corrected chi connectivity index (χ1v) is 7.37. The number of amides is 1. The van der Waals surface area contributed by atoms with Crippen LogP contribution in [0.15, 0.2) is 42.9 Å². The summed E-state index contributed by atoms with van der Waals surface area (Å²) in [5, 5.41) is 3.03. The van der Waals surface area contributed by atoms with Crippen LogP contribution < -0.4 is 10.2 Å². The molecule has 0 aliphatic heterocycles. The van der Waals surface area contributed by atoms with Gasteiger partial charge in [0.1, 0.15) is 5.82 Å². The van der Waals surface area contributed by atoms with E-state index in [1.165, 1.54) is 11.1 Å². The smallest absolute Gasteiger partial charge is 0.239 e. The molecule has 1 atom stereocenters. The maximum absolute atomic E-state index is 12.1. The molecule has 0 radical (unpaired) electrons. The number of rotatable bonds is 6. The van der Waals surface area contributed by atoms with Crippen LogP contribution in [-0.2, 0) is 11.2 Å². The van der Waals surface area contributed by atoms with Gasteiger partial charge in [0.15, 0.2) is 0 Å². The van der Waals surface area contributed by atoms with Gasteiger partial charge < -0.3 is 10.2 Å². The van der Waals surface area contributed by atoms with Crippen LogP contribution in [0.3, 0.4) is 0 Å². The normalized spacial score (nSPS) is 11.8. The molecule has 22 heavy (non-hydrogen) atoms. The number of anilines is 1. The molecule has 0 aliphatic rings. The number of carbonyl (C=O) groups excluding carboxylic acids is 1. The van der Waals surface area contributed by atoms with Crippen molar-refractivity contribution in [3.63, 3.8) is 0 Å². The van der Waals surface area contributed by atoms with Crippen LogP contribution in [0.25, 0.3) is 0 Å². The molecule has 5 heteroatoms. The van der Waals surface area contributed by atoms with Gasteiger partial charge in [-0.05, 0) is 31.4 Å². The van der Waals surface area contributed by atoms with Crippen LogP contribution >= 0.6 is 0 Å². The minimum Gasteiger partial charge on any atom is -0.352 e. The number of hydrogen-bond donors (Lipinski definition) is 1. The Bertz CT molecular complexity index is 615. The van der Waals surface area contributed by atoms with Crippen molar-refractivity contribution >= 4 is 11.7 Å². The Morgan fingerprint density at radius 1 is 1.32 bits per heavy atom. The molecule has 0 spiro atoms. The van der Waals surface area contributed by atoms with Crippen molar-refractivity contribution in [1.82, 2.24) is 15.3 Å². The summed E-state index contributed by atoms with van der Waals surface area (Å²) < 4.78 is 0. The molecule has 0 fully saturated rings. The monoisotopic (exact) mass is 298 g/mol. The van der Waals surface area contributed by atoms with E-state index in [4.69, 9.17) is 0 Å².